The molecule has 0 radical (unpaired) electrons. The lowest BCUT2D eigenvalue weighted by atomic mass is 9.48. The maximum atomic E-state index is 13.1. The number of imide groups is 1. The van der Waals surface area contributed by atoms with Crippen molar-refractivity contribution in [1.82, 2.24) is 5.32 Å². The van der Waals surface area contributed by atoms with Crippen LogP contribution in [0.25, 0.3) is 0 Å². The van der Waals surface area contributed by atoms with Crippen molar-refractivity contribution in [2.24, 2.45) is 17.8 Å². The normalized spacial score (nSPS) is 26.7. The molecule has 0 heterocycles. The number of aliphatic hydroxyl groups is 1. The molecule has 4 bridgehead atoms. The maximum absolute atomic E-state index is 13.1. The van der Waals surface area contributed by atoms with Crippen molar-refractivity contribution in [2.75, 3.05) is 19.0 Å². The molecule has 7 heteroatoms. The van der Waals surface area contributed by atoms with Crippen LogP contribution in [0.3, 0.4) is 0 Å². The summed E-state index contributed by atoms with van der Waals surface area (Å²) in [7, 11) is 1.70. The first-order valence-electron chi connectivity index (χ1n) is 11.9. The van der Waals surface area contributed by atoms with Crippen LogP contribution in [0.4, 0.5) is 5.69 Å². The summed E-state index contributed by atoms with van der Waals surface area (Å²) >= 11 is 0. The van der Waals surface area contributed by atoms with Gasteiger partial charge in [0.25, 0.3) is 17.7 Å². The minimum absolute atomic E-state index is 0.109. The van der Waals surface area contributed by atoms with Crippen LogP contribution in [-0.4, -0.2) is 36.5 Å². The number of aliphatic hydroxyl groups excluding tert-OH is 1. The number of methoxy groups -OCH3 is 1. The average molecular weight is 463 g/mol. The monoisotopic (exact) mass is 462 g/mol. The van der Waals surface area contributed by atoms with E-state index in [-0.39, 0.29) is 16.9 Å². The molecule has 4 aliphatic rings. The van der Waals surface area contributed by atoms with Crippen molar-refractivity contribution < 1.29 is 24.2 Å². The number of nitrogens with one attached hydrogen (secondary N) is 2. The number of anilines is 1. The zero-order chi connectivity index (χ0) is 23.9. The van der Waals surface area contributed by atoms with Gasteiger partial charge in [0.15, 0.2) is 0 Å². The van der Waals surface area contributed by atoms with Gasteiger partial charge in [-0.05, 0) is 104 Å². The summed E-state index contributed by atoms with van der Waals surface area (Å²) in [6.07, 6.45) is 7.60. The van der Waals surface area contributed by atoms with Gasteiger partial charge in [0.2, 0.25) is 0 Å². The highest BCUT2D eigenvalue weighted by molar-refractivity contribution is 6.06. The molecular formula is C27H30N2O5. The van der Waals surface area contributed by atoms with Crippen LogP contribution in [0.2, 0.25) is 0 Å². The van der Waals surface area contributed by atoms with Gasteiger partial charge < -0.3 is 15.2 Å². The topological polar surface area (TPSA) is 105 Å². The van der Waals surface area contributed by atoms with Gasteiger partial charge in [0.1, 0.15) is 12.4 Å². The summed E-state index contributed by atoms with van der Waals surface area (Å²) < 4.78 is 5.75. The van der Waals surface area contributed by atoms with Crippen LogP contribution in [0.5, 0.6) is 5.75 Å². The molecule has 4 saturated carbocycles. The Morgan fingerprint density at radius 1 is 0.912 bits per heavy atom. The number of amides is 3. The van der Waals surface area contributed by atoms with Gasteiger partial charge in [-0.2, -0.15) is 0 Å². The van der Waals surface area contributed by atoms with Crippen molar-refractivity contribution in [1.29, 1.82) is 0 Å². The van der Waals surface area contributed by atoms with Crippen LogP contribution in [0.15, 0.2) is 42.5 Å². The Morgan fingerprint density at radius 2 is 1.50 bits per heavy atom. The highest BCUT2D eigenvalue weighted by atomic mass is 16.5. The summed E-state index contributed by atoms with van der Waals surface area (Å²) in [5.41, 5.74) is 2.66. The molecule has 0 aromatic heterocycles. The number of benzene rings is 2. The van der Waals surface area contributed by atoms with E-state index < -0.39 is 18.4 Å². The lowest BCUT2D eigenvalue weighted by Gasteiger charge is -2.57. The summed E-state index contributed by atoms with van der Waals surface area (Å²) in [6.45, 7) is -0.757. The Balaban J connectivity index is 1.34. The molecule has 178 valence electrons. The van der Waals surface area contributed by atoms with E-state index in [9.17, 15) is 14.4 Å². The van der Waals surface area contributed by atoms with E-state index in [0.29, 0.717) is 11.3 Å². The predicted octanol–water partition coefficient (Wildman–Crippen LogP) is 3.66. The Hall–Kier alpha value is -3.19. The molecule has 0 atom stereocenters. The molecule has 3 N–H and O–H groups in total. The van der Waals surface area contributed by atoms with Gasteiger partial charge >= 0.3 is 0 Å². The van der Waals surface area contributed by atoms with Gasteiger partial charge in [-0.1, -0.05) is 0 Å². The zero-order valence-corrected chi connectivity index (χ0v) is 19.3. The lowest BCUT2D eigenvalue weighted by Crippen LogP contribution is -2.48. The molecule has 2 aromatic rings. The van der Waals surface area contributed by atoms with E-state index in [1.165, 1.54) is 56.2 Å². The first-order valence-corrected chi connectivity index (χ1v) is 11.9. The largest absolute Gasteiger partial charge is 0.496 e. The van der Waals surface area contributed by atoms with Gasteiger partial charge in [0, 0.05) is 22.4 Å². The van der Waals surface area contributed by atoms with Crippen molar-refractivity contribution in [3.63, 3.8) is 0 Å². The first kappa shape index (κ1) is 22.6. The fourth-order valence-electron chi connectivity index (χ4n) is 6.85. The van der Waals surface area contributed by atoms with E-state index >= 15 is 0 Å². The summed E-state index contributed by atoms with van der Waals surface area (Å²) in [5.74, 6) is 1.64. The Labute approximate surface area is 198 Å². The fourth-order valence-corrected chi connectivity index (χ4v) is 6.85. The number of ether oxygens (including phenoxy) is 1. The molecule has 4 aliphatic carbocycles. The zero-order valence-electron chi connectivity index (χ0n) is 19.3. The summed E-state index contributed by atoms with van der Waals surface area (Å²) in [6, 6.07) is 12.0. The number of hydrogen-bond acceptors (Lipinski definition) is 5. The van der Waals surface area contributed by atoms with Crippen LogP contribution in [0.1, 0.15) is 64.8 Å². The van der Waals surface area contributed by atoms with Crippen molar-refractivity contribution >= 4 is 23.4 Å². The predicted molar refractivity (Wildman–Crippen MR) is 127 cm³/mol. The first-order chi connectivity index (χ1) is 16.4. The molecular weight excluding hydrogens is 432 g/mol. The SMILES string of the molecule is COc1ccc(C(=O)Nc2ccc(C(=O)NC(=O)CO)cc2)cc1C12CC3CC(CC(C3)C1)C2. The van der Waals surface area contributed by atoms with Crippen LogP contribution in [-0.2, 0) is 10.2 Å². The second kappa shape index (κ2) is 8.87. The Morgan fingerprint density at radius 3 is 2.06 bits per heavy atom. The Kier molecular flexibility index (Phi) is 5.90. The highest BCUT2D eigenvalue weighted by Gasteiger charge is 2.52. The van der Waals surface area contributed by atoms with Crippen molar-refractivity contribution in [3.8, 4) is 5.75 Å². The summed E-state index contributed by atoms with van der Waals surface area (Å²) in [4.78, 5) is 36.3. The standard InChI is InChI=1S/C27H30N2O5/c1-34-23-7-4-20(11-22(23)27-12-16-8-17(13-27)10-18(9-16)14-27)26(33)28-21-5-2-19(3-6-21)25(32)29-24(31)15-30/h2-7,11,16-18,30H,8-10,12-15H2,1H3,(H,28,33)(H,29,31,32). The van der Waals surface area contributed by atoms with Crippen LogP contribution >= 0.6 is 0 Å². The second-order valence-electron chi connectivity index (χ2n) is 10.2. The molecule has 6 rings (SSSR count). The smallest absolute Gasteiger partial charge is 0.257 e. The Bertz CT molecular complexity index is 1090. The maximum Gasteiger partial charge on any atom is 0.257 e. The third-order valence-corrected chi connectivity index (χ3v) is 7.87. The number of rotatable bonds is 6. The lowest BCUT2D eigenvalue weighted by molar-refractivity contribution is -0.122. The summed E-state index contributed by atoms with van der Waals surface area (Å²) in [5, 5.41) is 13.7. The fraction of sp³-hybridized carbons (Fsp3) is 0.444. The molecule has 2 aromatic carbocycles. The molecule has 0 saturated heterocycles. The van der Waals surface area contributed by atoms with E-state index in [1.54, 1.807) is 25.3 Å². The van der Waals surface area contributed by atoms with Gasteiger partial charge in [-0.25, -0.2) is 0 Å². The quantitative estimate of drug-likeness (QED) is 0.608. The van der Waals surface area contributed by atoms with Gasteiger partial charge in [-0.3, -0.25) is 19.7 Å². The van der Waals surface area contributed by atoms with E-state index in [0.717, 1.165) is 23.5 Å². The molecule has 34 heavy (non-hydrogen) atoms. The van der Waals surface area contributed by atoms with Crippen LogP contribution < -0.4 is 15.4 Å². The third-order valence-electron chi connectivity index (χ3n) is 7.87. The molecule has 7 nitrogen and oxygen atoms in total. The molecule has 0 aliphatic heterocycles. The number of hydrogen-bond donors (Lipinski definition) is 3. The van der Waals surface area contributed by atoms with Gasteiger partial charge in [-0.15, -0.1) is 0 Å². The molecule has 0 spiro atoms. The molecule has 3 amide bonds. The van der Waals surface area contributed by atoms with E-state index in [4.69, 9.17) is 9.84 Å². The van der Waals surface area contributed by atoms with Crippen molar-refractivity contribution in [3.05, 3.63) is 59.2 Å². The minimum atomic E-state index is -0.767. The molecule has 0 unspecified atom stereocenters. The number of carbonyl (C=O) groups excluding carboxylic acids is 3. The van der Waals surface area contributed by atoms with Gasteiger partial charge in [0.05, 0.1) is 7.11 Å². The third kappa shape index (κ3) is 4.20. The van der Waals surface area contributed by atoms with E-state index in [1.807, 2.05) is 12.1 Å². The highest BCUT2D eigenvalue weighted by Crippen LogP contribution is 2.61. The van der Waals surface area contributed by atoms with E-state index in [2.05, 4.69) is 10.6 Å². The van der Waals surface area contributed by atoms with Crippen LogP contribution in [0, 0.1) is 17.8 Å². The number of carbonyl (C=O) groups is 3. The average Bonchev–Trinajstić information content (AvgIpc) is 2.83. The second-order valence-corrected chi connectivity index (χ2v) is 10.2. The minimum Gasteiger partial charge on any atom is -0.496 e. The van der Waals surface area contributed by atoms with Crippen molar-refractivity contribution in [2.45, 2.75) is 43.9 Å². The molecule has 4 fully saturated rings.